The number of halogens is 1. The second-order valence-corrected chi connectivity index (χ2v) is 3.99. The lowest BCUT2D eigenvalue weighted by Crippen LogP contribution is -2.34. The summed E-state index contributed by atoms with van der Waals surface area (Å²) >= 11 is 5.53. The molecule has 0 saturated carbocycles. The Morgan fingerprint density at radius 1 is 1.38 bits per heavy atom. The smallest absolute Gasteiger partial charge is 0.320 e. The maximum absolute atomic E-state index is 10.0. The van der Waals surface area contributed by atoms with E-state index < -0.39 is 12.0 Å². The van der Waals surface area contributed by atoms with Crippen molar-refractivity contribution in [3.63, 3.8) is 0 Å². The van der Waals surface area contributed by atoms with Crippen LogP contribution in [0.5, 0.6) is 0 Å². The van der Waals surface area contributed by atoms with Crippen LogP contribution in [0.15, 0.2) is 30.3 Å². The van der Waals surface area contributed by atoms with Gasteiger partial charge in [-0.05, 0) is 11.5 Å². The van der Waals surface area contributed by atoms with Crippen LogP contribution < -0.4 is 5.73 Å². The van der Waals surface area contributed by atoms with E-state index in [0.29, 0.717) is 5.88 Å². The minimum atomic E-state index is -0.931. The predicted molar refractivity (Wildman–Crippen MR) is 66.4 cm³/mol. The molecule has 0 aliphatic rings. The first-order valence-electron chi connectivity index (χ1n) is 5.07. The van der Waals surface area contributed by atoms with Gasteiger partial charge in [-0.3, -0.25) is 4.79 Å². The van der Waals surface area contributed by atoms with Gasteiger partial charge in [-0.25, -0.2) is 0 Å². The van der Waals surface area contributed by atoms with E-state index in [9.17, 15) is 4.79 Å². The average Bonchev–Trinajstić information content (AvgIpc) is 2.29. The average molecular weight is 244 g/mol. The fraction of sp³-hybridized carbons (Fsp3) is 0.417. The number of rotatable bonds is 3. The van der Waals surface area contributed by atoms with E-state index in [1.54, 1.807) is 13.8 Å². The standard InChI is InChI=1S/C7H7Cl.C5H11NO2/c8-6-7-4-2-1-3-5-7;1-3(2)4(6)5(7)8/h1-5H,6H2;3-4H,6H2,1-2H3,(H,7,8)/t;4-/m.0/s1. The second-order valence-electron chi connectivity index (χ2n) is 3.73. The molecule has 0 amide bonds. The van der Waals surface area contributed by atoms with Gasteiger partial charge in [-0.15, -0.1) is 11.6 Å². The third kappa shape index (κ3) is 6.43. The third-order valence-electron chi connectivity index (χ3n) is 2.00. The van der Waals surface area contributed by atoms with Crippen LogP contribution in [0.1, 0.15) is 19.4 Å². The molecule has 0 aromatic heterocycles. The molecular formula is C12H18ClNO2. The molecule has 0 saturated heterocycles. The lowest BCUT2D eigenvalue weighted by Gasteiger charge is -2.07. The Hall–Kier alpha value is -1.06. The lowest BCUT2D eigenvalue weighted by molar-refractivity contribution is -0.139. The van der Waals surface area contributed by atoms with Crippen molar-refractivity contribution in [1.29, 1.82) is 0 Å². The number of carboxylic acids is 1. The van der Waals surface area contributed by atoms with E-state index in [1.807, 2.05) is 30.3 Å². The maximum atomic E-state index is 10.0. The van der Waals surface area contributed by atoms with E-state index in [-0.39, 0.29) is 5.92 Å². The fourth-order valence-electron chi connectivity index (χ4n) is 0.852. The van der Waals surface area contributed by atoms with Crippen LogP contribution in [-0.4, -0.2) is 17.1 Å². The molecule has 1 aromatic rings. The van der Waals surface area contributed by atoms with E-state index >= 15 is 0 Å². The highest BCUT2D eigenvalue weighted by molar-refractivity contribution is 6.17. The summed E-state index contributed by atoms with van der Waals surface area (Å²) in [7, 11) is 0. The van der Waals surface area contributed by atoms with E-state index in [4.69, 9.17) is 22.4 Å². The Kier molecular flexibility index (Phi) is 7.60. The quantitative estimate of drug-likeness (QED) is 0.802. The van der Waals surface area contributed by atoms with Crippen molar-refractivity contribution < 1.29 is 9.90 Å². The number of carboxylic acid groups (broad SMARTS) is 1. The number of nitrogens with two attached hydrogens (primary N) is 1. The summed E-state index contributed by atoms with van der Waals surface area (Å²) in [5.41, 5.74) is 6.33. The molecule has 4 heteroatoms. The number of alkyl halides is 1. The number of benzene rings is 1. The van der Waals surface area contributed by atoms with Crippen LogP contribution in [0.25, 0.3) is 0 Å². The van der Waals surface area contributed by atoms with Gasteiger partial charge in [0.05, 0.1) is 0 Å². The molecule has 0 radical (unpaired) electrons. The van der Waals surface area contributed by atoms with Gasteiger partial charge in [0, 0.05) is 5.88 Å². The zero-order valence-corrected chi connectivity index (χ0v) is 10.3. The normalized spacial score (nSPS) is 11.6. The molecule has 16 heavy (non-hydrogen) atoms. The van der Waals surface area contributed by atoms with Crippen LogP contribution in [0, 0.1) is 5.92 Å². The Labute approximate surface area is 101 Å². The summed E-state index contributed by atoms with van der Waals surface area (Å²) in [6, 6.07) is 9.25. The van der Waals surface area contributed by atoms with Crippen molar-refractivity contribution in [2.24, 2.45) is 11.7 Å². The Morgan fingerprint density at radius 3 is 2.06 bits per heavy atom. The van der Waals surface area contributed by atoms with Crippen LogP contribution in [0.2, 0.25) is 0 Å². The van der Waals surface area contributed by atoms with Gasteiger partial charge in [0.15, 0.2) is 0 Å². The molecule has 3 nitrogen and oxygen atoms in total. The third-order valence-corrected chi connectivity index (χ3v) is 2.31. The first kappa shape index (κ1) is 14.9. The van der Waals surface area contributed by atoms with Crippen LogP contribution in [0.4, 0.5) is 0 Å². The molecule has 0 spiro atoms. The molecular weight excluding hydrogens is 226 g/mol. The van der Waals surface area contributed by atoms with Crippen molar-refractivity contribution >= 4 is 17.6 Å². The van der Waals surface area contributed by atoms with Gasteiger partial charge < -0.3 is 10.8 Å². The monoisotopic (exact) mass is 243 g/mol. The summed E-state index contributed by atoms with van der Waals surface area (Å²) in [5.74, 6) is -0.298. The number of hydrogen-bond donors (Lipinski definition) is 2. The van der Waals surface area contributed by atoms with Crippen molar-refractivity contribution in [2.75, 3.05) is 0 Å². The fourth-order valence-corrected chi connectivity index (χ4v) is 1.03. The molecule has 0 aliphatic carbocycles. The minimum absolute atomic E-state index is 0.0208. The Balaban J connectivity index is 0.000000281. The maximum Gasteiger partial charge on any atom is 0.320 e. The molecule has 0 bridgehead atoms. The van der Waals surface area contributed by atoms with Gasteiger partial charge in [0.2, 0.25) is 0 Å². The predicted octanol–water partition coefficient (Wildman–Crippen LogP) is 2.48. The van der Waals surface area contributed by atoms with E-state index in [0.717, 1.165) is 0 Å². The Morgan fingerprint density at radius 2 is 1.88 bits per heavy atom. The summed E-state index contributed by atoms with van der Waals surface area (Å²) < 4.78 is 0. The highest BCUT2D eigenvalue weighted by Gasteiger charge is 2.14. The SMILES string of the molecule is CC(C)[C@H](N)C(=O)O.ClCc1ccccc1. The van der Waals surface area contributed by atoms with Crippen LogP contribution >= 0.6 is 11.6 Å². The van der Waals surface area contributed by atoms with Crippen LogP contribution in [-0.2, 0) is 10.7 Å². The van der Waals surface area contributed by atoms with Gasteiger partial charge in [0.1, 0.15) is 6.04 Å². The molecule has 1 atom stereocenters. The molecule has 0 heterocycles. The van der Waals surface area contributed by atoms with E-state index in [1.165, 1.54) is 5.56 Å². The van der Waals surface area contributed by atoms with Gasteiger partial charge in [0.25, 0.3) is 0 Å². The highest BCUT2D eigenvalue weighted by Crippen LogP contribution is 2.00. The molecule has 3 N–H and O–H groups in total. The van der Waals surface area contributed by atoms with Crippen molar-refractivity contribution in [1.82, 2.24) is 0 Å². The van der Waals surface area contributed by atoms with Crippen molar-refractivity contribution in [3.05, 3.63) is 35.9 Å². The van der Waals surface area contributed by atoms with Crippen LogP contribution in [0.3, 0.4) is 0 Å². The summed E-state index contributed by atoms with van der Waals surface area (Å²) in [6.45, 7) is 3.55. The Bertz CT molecular complexity index is 301. The van der Waals surface area contributed by atoms with Gasteiger partial charge >= 0.3 is 5.97 Å². The highest BCUT2D eigenvalue weighted by atomic mass is 35.5. The zero-order valence-electron chi connectivity index (χ0n) is 9.56. The topological polar surface area (TPSA) is 63.3 Å². The van der Waals surface area contributed by atoms with Gasteiger partial charge in [-0.1, -0.05) is 44.2 Å². The first-order chi connectivity index (χ1) is 7.49. The molecule has 1 rings (SSSR count). The zero-order chi connectivity index (χ0) is 12.6. The largest absolute Gasteiger partial charge is 0.480 e. The molecule has 0 unspecified atom stereocenters. The van der Waals surface area contributed by atoms with E-state index in [2.05, 4.69) is 0 Å². The summed E-state index contributed by atoms with van der Waals surface area (Å²) in [6.07, 6.45) is 0. The first-order valence-corrected chi connectivity index (χ1v) is 5.60. The molecule has 90 valence electrons. The summed E-state index contributed by atoms with van der Waals surface area (Å²) in [5, 5.41) is 8.23. The number of aliphatic carboxylic acids is 1. The number of carbonyl (C=O) groups is 1. The second kappa shape index (κ2) is 8.13. The molecule has 0 aliphatic heterocycles. The molecule has 0 fully saturated rings. The lowest BCUT2D eigenvalue weighted by atomic mass is 10.1. The van der Waals surface area contributed by atoms with Crippen molar-refractivity contribution in [3.8, 4) is 0 Å². The van der Waals surface area contributed by atoms with Crippen molar-refractivity contribution in [2.45, 2.75) is 25.8 Å². The van der Waals surface area contributed by atoms with Gasteiger partial charge in [-0.2, -0.15) is 0 Å². The summed E-state index contributed by atoms with van der Waals surface area (Å²) in [4.78, 5) is 10.0. The molecule has 1 aromatic carbocycles. The number of hydrogen-bond acceptors (Lipinski definition) is 2. The minimum Gasteiger partial charge on any atom is -0.480 e.